The Morgan fingerprint density at radius 1 is 0.892 bits per heavy atom. The van der Waals surface area contributed by atoms with Crippen molar-refractivity contribution in [2.24, 2.45) is 5.73 Å². The Kier molecular flexibility index (Phi) is 16.2. The SMILES string of the molecule is CCCCN.CCCCNc1cc(C(=O)OC)ccc1[N+](=O)[O-].COC(=O)c1ccc([N+](=O)[O-])c(F)c1. The fourth-order valence-electron chi connectivity index (χ4n) is 2.59. The summed E-state index contributed by atoms with van der Waals surface area (Å²) in [4.78, 5) is 42.0. The summed E-state index contributed by atoms with van der Waals surface area (Å²) in [5, 5.41) is 24.0. The lowest BCUT2D eigenvalue weighted by molar-refractivity contribution is -0.387. The highest BCUT2D eigenvalue weighted by Gasteiger charge is 2.17. The maximum Gasteiger partial charge on any atom is 0.337 e. The van der Waals surface area contributed by atoms with Gasteiger partial charge in [0, 0.05) is 18.7 Å². The van der Waals surface area contributed by atoms with Gasteiger partial charge in [-0.1, -0.05) is 26.7 Å². The Bertz CT molecular complexity index is 1050. The molecule has 0 aliphatic carbocycles. The number of nitrogens with two attached hydrogens (primary N) is 1. The van der Waals surface area contributed by atoms with Crippen LogP contribution in [0.5, 0.6) is 0 Å². The number of methoxy groups -OCH3 is 2. The number of hydrogen-bond donors (Lipinski definition) is 2. The number of nitrogens with one attached hydrogen (secondary N) is 1. The first-order chi connectivity index (χ1) is 17.6. The molecule has 2 rings (SSSR count). The van der Waals surface area contributed by atoms with Gasteiger partial charge in [0.25, 0.3) is 5.69 Å². The number of esters is 2. The quantitative estimate of drug-likeness (QED) is 0.189. The predicted octanol–water partition coefficient (Wildman–Crippen LogP) is 4.86. The third-order valence-corrected chi connectivity index (χ3v) is 4.58. The molecule has 0 aliphatic heterocycles. The smallest absolute Gasteiger partial charge is 0.337 e. The van der Waals surface area contributed by atoms with Crippen LogP contribution >= 0.6 is 0 Å². The Hall–Kier alpha value is -4.13. The summed E-state index contributed by atoms with van der Waals surface area (Å²) in [5.74, 6) is -2.31. The first kappa shape index (κ1) is 32.9. The van der Waals surface area contributed by atoms with E-state index in [4.69, 9.17) is 5.73 Å². The minimum absolute atomic E-state index is 0.0428. The van der Waals surface area contributed by atoms with Crippen LogP contribution in [0, 0.1) is 26.0 Å². The highest BCUT2D eigenvalue weighted by Crippen LogP contribution is 2.26. The van der Waals surface area contributed by atoms with Gasteiger partial charge in [-0.2, -0.15) is 4.39 Å². The normalized spacial score (nSPS) is 9.57. The molecule has 0 aliphatic rings. The summed E-state index contributed by atoms with van der Waals surface area (Å²) in [6.07, 6.45) is 4.27. The molecule has 0 aromatic heterocycles. The second-order valence-electron chi connectivity index (χ2n) is 7.32. The molecule has 0 saturated carbocycles. The van der Waals surface area contributed by atoms with E-state index in [1.54, 1.807) is 0 Å². The van der Waals surface area contributed by atoms with E-state index in [-0.39, 0.29) is 11.3 Å². The number of unbranched alkanes of at least 4 members (excludes halogenated alkanes) is 2. The number of carbonyl (C=O) groups excluding carboxylic acids is 2. The van der Waals surface area contributed by atoms with Gasteiger partial charge >= 0.3 is 17.6 Å². The van der Waals surface area contributed by atoms with Crippen molar-refractivity contribution in [2.75, 3.05) is 32.6 Å². The molecular weight excluding hydrogens is 491 g/mol. The van der Waals surface area contributed by atoms with Crippen LogP contribution in [0.2, 0.25) is 0 Å². The maximum atomic E-state index is 12.9. The van der Waals surface area contributed by atoms with Crippen molar-refractivity contribution in [3.05, 3.63) is 73.6 Å². The molecule has 12 nitrogen and oxygen atoms in total. The third kappa shape index (κ3) is 11.9. The zero-order valence-electron chi connectivity index (χ0n) is 21.3. The van der Waals surface area contributed by atoms with Gasteiger partial charge in [-0.25, -0.2) is 9.59 Å². The lowest BCUT2D eigenvalue weighted by atomic mass is 10.1. The highest BCUT2D eigenvalue weighted by molar-refractivity contribution is 5.91. The van der Waals surface area contributed by atoms with Gasteiger partial charge in [0.05, 0.1) is 35.2 Å². The minimum atomic E-state index is -1.06. The summed E-state index contributed by atoms with van der Waals surface area (Å²) in [7, 11) is 2.41. The van der Waals surface area contributed by atoms with Crippen LogP contribution in [0.1, 0.15) is 60.2 Å². The molecule has 0 amide bonds. The molecule has 0 radical (unpaired) electrons. The van der Waals surface area contributed by atoms with Crippen LogP contribution in [0.15, 0.2) is 36.4 Å². The summed E-state index contributed by atoms with van der Waals surface area (Å²) in [5.41, 5.74) is 5.01. The van der Waals surface area contributed by atoms with E-state index in [0.717, 1.165) is 44.7 Å². The molecule has 2 aromatic carbocycles. The number of halogens is 1. The highest BCUT2D eigenvalue weighted by atomic mass is 19.1. The van der Waals surface area contributed by atoms with Gasteiger partial charge in [0.2, 0.25) is 5.82 Å². The molecule has 37 heavy (non-hydrogen) atoms. The van der Waals surface area contributed by atoms with E-state index in [2.05, 4.69) is 21.7 Å². The number of benzene rings is 2. The number of hydrogen-bond acceptors (Lipinski definition) is 10. The Morgan fingerprint density at radius 3 is 1.76 bits per heavy atom. The molecule has 3 N–H and O–H groups in total. The number of anilines is 1. The zero-order valence-corrected chi connectivity index (χ0v) is 21.3. The molecule has 0 saturated heterocycles. The van der Waals surface area contributed by atoms with Crippen molar-refractivity contribution in [3.8, 4) is 0 Å². The first-order valence-corrected chi connectivity index (χ1v) is 11.4. The van der Waals surface area contributed by atoms with Crippen LogP contribution in [-0.2, 0) is 9.47 Å². The maximum absolute atomic E-state index is 12.9. The van der Waals surface area contributed by atoms with Crippen molar-refractivity contribution < 1.29 is 33.3 Å². The van der Waals surface area contributed by atoms with E-state index in [9.17, 15) is 34.2 Å². The van der Waals surface area contributed by atoms with Gasteiger partial charge < -0.3 is 20.5 Å². The number of nitro groups is 2. The van der Waals surface area contributed by atoms with E-state index >= 15 is 0 Å². The molecule has 2 aromatic rings. The van der Waals surface area contributed by atoms with Crippen LogP contribution < -0.4 is 11.1 Å². The Balaban J connectivity index is 0.000000605. The molecule has 13 heteroatoms. The van der Waals surface area contributed by atoms with Crippen molar-refractivity contribution in [3.63, 3.8) is 0 Å². The molecule has 0 unspecified atom stereocenters. The van der Waals surface area contributed by atoms with Crippen molar-refractivity contribution >= 4 is 29.0 Å². The second kappa shape index (κ2) is 18.2. The summed E-state index contributed by atoms with van der Waals surface area (Å²) in [6, 6.07) is 6.95. The van der Waals surface area contributed by atoms with Crippen LogP contribution in [0.25, 0.3) is 0 Å². The monoisotopic (exact) mass is 524 g/mol. The van der Waals surface area contributed by atoms with Crippen molar-refractivity contribution in [1.29, 1.82) is 0 Å². The number of nitro benzene ring substituents is 2. The van der Waals surface area contributed by atoms with Crippen LogP contribution in [0.4, 0.5) is 21.5 Å². The van der Waals surface area contributed by atoms with Gasteiger partial charge in [0.15, 0.2) is 0 Å². The number of nitrogens with zero attached hydrogens (tertiary/aromatic N) is 2. The fourth-order valence-corrected chi connectivity index (χ4v) is 2.59. The van der Waals surface area contributed by atoms with E-state index < -0.39 is 33.3 Å². The molecule has 0 fully saturated rings. The molecule has 0 bridgehead atoms. The van der Waals surface area contributed by atoms with E-state index in [1.807, 2.05) is 6.92 Å². The number of ether oxygens (including phenoxy) is 2. The van der Waals surface area contributed by atoms with E-state index in [0.29, 0.717) is 17.8 Å². The Morgan fingerprint density at radius 2 is 1.38 bits per heavy atom. The van der Waals surface area contributed by atoms with Gasteiger partial charge in [-0.15, -0.1) is 0 Å². The second-order valence-corrected chi connectivity index (χ2v) is 7.32. The molecule has 0 atom stereocenters. The number of rotatable bonds is 10. The standard InChI is InChI=1S/C12H16N2O4.C8H6FNO4.C4H11N/c1-3-4-7-13-10-8-9(12(15)18-2)5-6-11(10)14(16)17;1-14-8(11)5-2-3-7(10(12)13)6(9)4-5;1-2-3-4-5/h5-6,8,13H,3-4,7H2,1-2H3;2-4H,1H3;2-5H2,1H3. The summed E-state index contributed by atoms with van der Waals surface area (Å²) >= 11 is 0. The van der Waals surface area contributed by atoms with Gasteiger partial charge in [0.1, 0.15) is 5.69 Å². The molecule has 204 valence electrons. The van der Waals surface area contributed by atoms with Crippen molar-refractivity contribution in [2.45, 2.75) is 39.5 Å². The van der Waals surface area contributed by atoms with Gasteiger partial charge in [-0.05, 0) is 43.7 Å². The molecule has 0 heterocycles. The minimum Gasteiger partial charge on any atom is -0.465 e. The predicted molar refractivity (Wildman–Crippen MR) is 136 cm³/mol. The zero-order chi connectivity index (χ0) is 28.4. The van der Waals surface area contributed by atoms with Crippen LogP contribution in [-0.4, -0.2) is 49.1 Å². The van der Waals surface area contributed by atoms with E-state index in [1.165, 1.54) is 38.2 Å². The largest absolute Gasteiger partial charge is 0.465 e. The summed E-state index contributed by atoms with van der Waals surface area (Å²) < 4.78 is 21.8. The first-order valence-electron chi connectivity index (χ1n) is 11.4. The lowest BCUT2D eigenvalue weighted by Gasteiger charge is -2.08. The summed E-state index contributed by atoms with van der Waals surface area (Å²) in [6.45, 7) is 5.63. The topological polar surface area (TPSA) is 177 Å². The lowest BCUT2D eigenvalue weighted by Crippen LogP contribution is -2.07. The third-order valence-electron chi connectivity index (χ3n) is 4.58. The van der Waals surface area contributed by atoms with Gasteiger partial charge in [-0.3, -0.25) is 20.2 Å². The molecule has 0 spiro atoms. The average molecular weight is 525 g/mol. The molecular formula is C24H33FN4O8. The average Bonchev–Trinajstić information content (AvgIpc) is 2.88. The van der Waals surface area contributed by atoms with Crippen molar-refractivity contribution in [1.82, 2.24) is 0 Å². The fraction of sp³-hybridized carbons (Fsp3) is 0.417. The van der Waals surface area contributed by atoms with Crippen LogP contribution in [0.3, 0.4) is 0 Å². The Labute approximate surface area is 214 Å². The number of carbonyl (C=O) groups is 2.